The Morgan fingerprint density at radius 1 is 1.06 bits per heavy atom. The van der Waals surface area contributed by atoms with Crippen molar-refractivity contribution in [2.45, 2.75) is 6.54 Å². The lowest BCUT2D eigenvalue weighted by Gasteiger charge is -2.09. The van der Waals surface area contributed by atoms with Crippen LogP contribution in [0.4, 0.5) is 5.69 Å². The third-order valence-corrected chi connectivity index (χ3v) is 3.37. The molecular weight excluding hydrogens is 327 g/mol. The monoisotopic (exact) mass is 340 g/mol. The van der Waals surface area contributed by atoms with Crippen molar-refractivity contribution in [2.24, 2.45) is 0 Å². The van der Waals surface area contributed by atoms with Crippen LogP contribution in [0.3, 0.4) is 0 Å². The van der Waals surface area contributed by atoms with Crippen molar-refractivity contribution in [2.75, 3.05) is 5.43 Å². The Labute approximate surface area is 114 Å². The number of hydrazine groups is 1. The summed E-state index contributed by atoms with van der Waals surface area (Å²) in [4.78, 5) is 0. The molecule has 2 aromatic rings. The summed E-state index contributed by atoms with van der Waals surface area (Å²) in [6.45, 7) is 0.654. The van der Waals surface area contributed by atoms with Gasteiger partial charge in [-0.25, -0.2) is 5.43 Å². The molecule has 2 aromatic carbocycles. The van der Waals surface area contributed by atoms with E-state index >= 15 is 0 Å². The highest BCUT2D eigenvalue weighted by molar-refractivity contribution is 14.1. The van der Waals surface area contributed by atoms with Crippen molar-refractivity contribution < 1.29 is 5.11 Å². The van der Waals surface area contributed by atoms with Crippen molar-refractivity contribution in [3.63, 3.8) is 0 Å². The summed E-state index contributed by atoms with van der Waals surface area (Å²) < 4.78 is 1.13. The number of halogens is 1. The van der Waals surface area contributed by atoms with Crippen LogP contribution in [0.5, 0.6) is 5.75 Å². The number of phenolic OH excluding ortho intramolecular Hbond substituents is 1. The molecule has 0 unspecified atom stereocenters. The van der Waals surface area contributed by atoms with Crippen molar-refractivity contribution in [3.8, 4) is 5.75 Å². The predicted molar refractivity (Wildman–Crippen MR) is 77.7 cm³/mol. The fraction of sp³-hybridized carbons (Fsp3) is 0.0769. The molecule has 0 aliphatic heterocycles. The Morgan fingerprint density at radius 2 is 1.82 bits per heavy atom. The van der Waals surface area contributed by atoms with Crippen molar-refractivity contribution in [1.82, 2.24) is 5.43 Å². The highest BCUT2D eigenvalue weighted by Crippen LogP contribution is 2.18. The molecule has 0 heterocycles. The average molecular weight is 340 g/mol. The van der Waals surface area contributed by atoms with E-state index < -0.39 is 0 Å². The number of hydrogen-bond acceptors (Lipinski definition) is 3. The third-order valence-electron chi connectivity index (χ3n) is 2.31. The van der Waals surface area contributed by atoms with Crippen LogP contribution in [0.25, 0.3) is 0 Å². The van der Waals surface area contributed by atoms with Gasteiger partial charge in [0.2, 0.25) is 0 Å². The van der Waals surface area contributed by atoms with E-state index in [0.717, 1.165) is 14.8 Å². The second-order valence-corrected chi connectivity index (χ2v) is 4.78. The maximum atomic E-state index is 9.40. The van der Waals surface area contributed by atoms with E-state index in [4.69, 9.17) is 0 Å². The molecule has 0 aliphatic rings. The van der Waals surface area contributed by atoms with Crippen LogP contribution in [-0.4, -0.2) is 5.11 Å². The van der Waals surface area contributed by atoms with Crippen LogP contribution < -0.4 is 10.9 Å². The first kappa shape index (κ1) is 12.2. The van der Waals surface area contributed by atoms with Gasteiger partial charge in [0.15, 0.2) is 0 Å². The largest absolute Gasteiger partial charge is 0.508 e. The molecule has 0 atom stereocenters. The minimum atomic E-state index is 0.293. The molecule has 4 heteroatoms. The molecule has 0 aliphatic carbocycles. The van der Waals surface area contributed by atoms with Gasteiger partial charge in [0.1, 0.15) is 5.75 Å². The smallest absolute Gasteiger partial charge is 0.115 e. The maximum absolute atomic E-state index is 9.40. The van der Waals surface area contributed by atoms with E-state index in [0.29, 0.717) is 12.3 Å². The summed E-state index contributed by atoms with van der Waals surface area (Å²) in [5.41, 5.74) is 8.31. The number of anilines is 1. The molecule has 88 valence electrons. The van der Waals surface area contributed by atoms with Gasteiger partial charge in [-0.3, -0.25) is 0 Å². The first-order valence-electron chi connectivity index (χ1n) is 5.27. The minimum absolute atomic E-state index is 0.293. The number of aromatic hydroxyl groups is 1. The lowest BCUT2D eigenvalue weighted by atomic mass is 10.2. The fourth-order valence-corrected chi connectivity index (χ4v) is 1.99. The Kier molecular flexibility index (Phi) is 4.22. The van der Waals surface area contributed by atoms with Crippen molar-refractivity contribution in [3.05, 3.63) is 57.7 Å². The second kappa shape index (κ2) is 5.88. The summed E-state index contributed by atoms with van der Waals surface area (Å²) in [5.74, 6) is 0.293. The van der Waals surface area contributed by atoms with E-state index in [2.05, 4.69) is 33.4 Å². The van der Waals surface area contributed by atoms with Crippen molar-refractivity contribution in [1.29, 1.82) is 0 Å². The molecule has 3 nitrogen and oxygen atoms in total. The molecule has 17 heavy (non-hydrogen) atoms. The summed E-state index contributed by atoms with van der Waals surface area (Å²) >= 11 is 2.25. The number of phenols is 1. The lowest BCUT2D eigenvalue weighted by molar-refractivity contribution is 0.474. The molecule has 0 spiro atoms. The lowest BCUT2D eigenvalue weighted by Crippen LogP contribution is -2.21. The molecule has 0 amide bonds. The highest BCUT2D eigenvalue weighted by Gasteiger charge is 2.00. The first-order chi connectivity index (χ1) is 8.25. The summed E-state index contributed by atoms with van der Waals surface area (Å²) in [7, 11) is 0. The first-order valence-corrected chi connectivity index (χ1v) is 6.35. The number of rotatable bonds is 4. The Hall–Kier alpha value is -1.27. The van der Waals surface area contributed by atoms with Gasteiger partial charge in [-0.15, -0.1) is 0 Å². The Bertz CT molecular complexity index is 488. The summed E-state index contributed by atoms with van der Waals surface area (Å²) in [6, 6.07) is 15.3. The molecular formula is C13H13IN2O. The minimum Gasteiger partial charge on any atom is -0.508 e. The van der Waals surface area contributed by atoms with Crippen molar-refractivity contribution >= 4 is 28.3 Å². The molecule has 0 radical (unpaired) electrons. The van der Waals surface area contributed by atoms with Crippen LogP contribution in [0.1, 0.15) is 5.56 Å². The van der Waals surface area contributed by atoms with Gasteiger partial charge < -0.3 is 10.5 Å². The zero-order valence-corrected chi connectivity index (χ0v) is 11.3. The van der Waals surface area contributed by atoms with E-state index in [1.807, 2.05) is 36.4 Å². The normalized spacial score (nSPS) is 10.2. The molecule has 0 fully saturated rings. The van der Waals surface area contributed by atoms with E-state index in [1.54, 1.807) is 12.1 Å². The number of hydrogen-bond donors (Lipinski definition) is 3. The standard InChI is InChI=1S/C13H13IN2O/c14-13-7-6-12(17)8-10(13)9-15-16-11-4-2-1-3-5-11/h1-8,15-17H,9H2. The second-order valence-electron chi connectivity index (χ2n) is 3.62. The van der Waals surface area contributed by atoms with E-state index in [-0.39, 0.29) is 0 Å². The van der Waals surface area contributed by atoms with Gasteiger partial charge in [0.25, 0.3) is 0 Å². The average Bonchev–Trinajstić information content (AvgIpc) is 2.35. The predicted octanol–water partition coefficient (Wildman–Crippen LogP) is 3.11. The molecule has 0 bridgehead atoms. The zero-order chi connectivity index (χ0) is 12.1. The van der Waals surface area contributed by atoms with Crippen LogP contribution >= 0.6 is 22.6 Å². The topological polar surface area (TPSA) is 44.3 Å². The van der Waals surface area contributed by atoms with Crippen LogP contribution in [0.2, 0.25) is 0 Å². The number of para-hydroxylation sites is 1. The number of benzene rings is 2. The molecule has 0 aromatic heterocycles. The molecule has 0 saturated heterocycles. The summed E-state index contributed by atoms with van der Waals surface area (Å²) in [6.07, 6.45) is 0. The van der Waals surface area contributed by atoms with Gasteiger partial charge >= 0.3 is 0 Å². The van der Waals surface area contributed by atoms with Crippen LogP contribution in [-0.2, 0) is 6.54 Å². The molecule has 2 rings (SSSR count). The Morgan fingerprint density at radius 3 is 2.59 bits per heavy atom. The van der Waals surface area contributed by atoms with E-state index in [1.165, 1.54) is 0 Å². The van der Waals surface area contributed by atoms with Crippen LogP contribution in [0, 0.1) is 3.57 Å². The van der Waals surface area contributed by atoms with Crippen LogP contribution in [0.15, 0.2) is 48.5 Å². The van der Waals surface area contributed by atoms with Gasteiger partial charge in [-0.2, -0.15) is 0 Å². The van der Waals surface area contributed by atoms with Gasteiger partial charge in [0.05, 0.1) is 0 Å². The molecule has 3 N–H and O–H groups in total. The van der Waals surface area contributed by atoms with Gasteiger partial charge in [-0.05, 0) is 58.5 Å². The highest BCUT2D eigenvalue weighted by atomic mass is 127. The quantitative estimate of drug-likeness (QED) is 0.592. The summed E-state index contributed by atoms with van der Waals surface area (Å²) in [5, 5.41) is 9.40. The van der Waals surface area contributed by atoms with E-state index in [9.17, 15) is 5.11 Å². The fourth-order valence-electron chi connectivity index (χ4n) is 1.46. The van der Waals surface area contributed by atoms with Gasteiger partial charge in [-0.1, -0.05) is 18.2 Å². The molecule has 0 saturated carbocycles. The number of nitrogens with one attached hydrogen (secondary N) is 2. The maximum Gasteiger partial charge on any atom is 0.115 e. The zero-order valence-electron chi connectivity index (χ0n) is 9.15. The van der Waals surface area contributed by atoms with Gasteiger partial charge in [0, 0.05) is 15.8 Å². The Balaban J connectivity index is 1.92. The third kappa shape index (κ3) is 3.61. The SMILES string of the molecule is Oc1ccc(I)c(CNNc2ccccc2)c1.